The Morgan fingerprint density at radius 3 is 2.82 bits per heavy atom. The summed E-state index contributed by atoms with van der Waals surface area (Å²) >= 11 is 5.53. The van der Waals surface area contributed by atoms with Gasteiger partial charge in [0.2, 0.25) is 10.0 Å². The monoisotopic (exact) mass is 282 g/mol. The molecular weight excluding hydrogens is 260 g/mol. The molecule has 0 aromatic rings. The van der Waals surface area contributed by atoms with Crippen LogP contribution in [0.3, 0.4) is 0 Å². The van der Waals surface area contributed by atoms with Crippen LogP contribution in [0.2, 0.25) is 0 Å². The minimum atomic E-state index is -3.11. The van der Waals surface area contributed by atoms with Gasteiger partial charge in [0.05, 0.1) is 5.75 Å². The van der Waals surface area contributed by atoms with E-state index in [1.165, 1.54) is 6.42 Å². The molecule has 1 rings (SSSR count). The van der Waals surface area contributed by atoms with Crippen molar-refractivity contribution in [2.24, 2.45) is 0 Å². The van der Waals surface area contributed by atoms with Gasteiger partial charge in [-0.2, -0.15) is 0 Å². The summed E-state index contributed by atoms with van der Waals surface area (Å²) in [7, 11) is -3.11. The van der Waals surface area contributed by atoms with Crippen LogP contribution >= 0.6 is 11.6 Å². The number of alkyl halides is 1. The van der Waals surface area contributed by atoms with E-state index in [1.54, 1.807) is 0 Å². The second kappa shape index (κ2) is 7.56. The van der Waals surface area contributed by atoms with Crippen molar-refractivity contribution in [2.75, 3.05) is 31.3 Å². The van der Waals surface area contributed by atoms with Crippen LogP contribution in [0, 0.1) is 0 Å². The SMILES string of the molecule is CCN1CCCC1CNS(=O)(=O)CCCCCl. The van der Waals surface area contributed by atoms with Gasteiger partial charge in [-0.3, -0.25) is 4.90 Å². The van der Waals surface area contributed by atoms with Crippen molar-refractivity contribution in [1.82, 2.24) is 9.62 Å². The molecule has 1 unspecified atom stereocenters. The molecule has 0 spiro atoms. The molecule has 4 nitrogen and oxygen atoms in total. The number of nitrogens with one attached hydrogen (secondary N) is 1. The standard InChI is InChI=1S/C11H23ClN2O2S/c1-2-14-8-5-6-11(14)10-13-17(15,16)9-4-3-7-12/h11,13H,2-10H2,1H3. The average Bonchev–Trinajstić information content (AvgIpc) is 2.74. The summed E-state index contributed by atoms with van der Waals surface area (Å²) in [6, 6.07) is 0.378. The first-order valence-electron chi connectivity index (χ1n) is 6.36. The normalized spacial score (nSPS) is 22.1. The van der Waals surface area contributed by atoms with E-state index in [2.05, 4.69) is 16.5 Å². The maximum Gasteiger partial charge on any atom is 0.211 e. The number of halogens is 1. The van der Waals surface area contributed by atoms with E-state index in [0.717, 1.165) is 25.9 Å². The minimum absolute atomic E-state index is 0.193. The van der Waals surface area contributed by atoms with Crippen molar-refractivity contribution in [2.45, 2.75) is 38.6 Å². The van der Waals surface area contributed by atoms with E-state index >= 15 is 0 Å². The fourth-order valence-electron chi connectivity index (χ4n) is 2.22. The van der Waals surface area contributed by atoms with Gasteiger partial charge in [0.15, 0.2) is 0 Å². The van der Waals surface area contributed by atoms with Gasteiger partial charge < -0.3 is 0 Å². The van der Waals surface area contributed by atoms with Crippen LogP contribution in [0.5, 0.6) is 0 Å². The molecule has 1 fully saturated rings. The van der Waals surface area contributed by atoms with Crippen LogP contribution in [0.15, 0.2) is 0 Å². The van der Waals surface area contributed by atoms with E-state index < -0.39 is 10.0 Å². The Balaban J connectivity index is 2.28. The molecule has 0 aromatic carbocycles. The van der Waals surface area contributed by atoms with Crippen LogP contribution in [0.1, 0.15) is 32.6 Å². The molecule has 1 N–H and O–H groups in total. The van der Waals surface area contributed by atoms with Gasteiger partial charge in [-0.05, 0) is 38.8 Å². The molecule has 1 aliphatic heterocycles. The summed E-state index contributed by atoms with van der Waals surface area (Å²) in [5.41, 5.74) is 0. The van der Waals surface area contributed by atoms with Gasteiger partial charge in [0.25, 0.3) is 0 Å². The van der Waals surface area contributed by atoms with Crippen LogP contribution in [-0.4, -0.2) is 50.6 Å². The van der Waals surface area contributed by atoms with Crippen molar-refractivity contribution >= 4 is 21.6 Å². The van der Waals surface area contributed by atoms with E-state index in [-0.39, 0.29) is 5.75 Å². The number of unbranched alkanes of at least 4 members (excludes halogenated alkanes) is 1. The summed E-state index contributed by atoms with van der Waals surface area (Å²) in [4.78, 5) is 2.33. The zero-order valence-electron chi connectivity index (χ0n) is 10.5. The molecule has 0 radical (unpaired) electrons. The number of likely N-dealkylation sites (tertiary alicyclic amines) is 1. The van der Waals surface area contributed by atoms with Gasteiger partial charge in [-0.15, -0.1) is 11.6 Å². The third kappa shape index (κ3) is 5.55. The van der Waals surface area contributed by atoms with E-state index in [0.29, 0.717) is 24.9 Å². The molecule has 102 valence electrons. The van der Waals surface area contributed by atoms with E-state index in [1.807, 2.05) is 0 Å². The molecule has 0 bridgehead atoms. The number of nitrogens with zero attached hydrogens (tertiary/aromatic N) is 1. The largest absolute Gasteiger partial charge is 0.299 e. The Morgan fingerprint density at radius 1 is 1.41 bits per heavy atom. The average molecular weight is 283 g/mol. The lowest BCUT2D eigenvalue weighted by Gasteiger charge is -2.22. The zero-order valence-corrected chi connectivity index (χ0v) is 12.1. The Bertz CT molecular complexity index is 309. The maximum absolute atomic E-state index is 11.7. The van der Waals surface area contributed by atoms with E-state index in [4.69, 9.17) is 11.6 Å². The first-order chi connectivity index (χ1) is 8.09. The molecule has 17 heavy (non-hydrogen) atoms. The second-order valence-electron chi connectivity index (χ2n) is 4.49. The number of hydrogen-bond acceptors (Lipinski definition) is 3. The molecule has 1 aliphatic rings. The van der Waals surface area contributed by atoms with Crippen LogP contribution in [-0.2, 0) is 10.0 Å². The smallest absolute Gasteiger partial charge is 0.211 e. The third-order valence-corrected chi connectivity index (χ3v) is 4.94. The van der Waals surface area contributed by atoms with Gasteiger partial charge in [-0.25, -0.2) is 13.1 Å². The summed E-state index contributed by atoms with van der Waals surface area (Å²) < 4.78 is 26.1. The Labute approximate surface area is 110 Å². The number of hydrogen-bond donors (Lipinski definition) is 1. The lowest BCUT2D eigenvalue weighted by molar-refractivity contribution is 0.268. The molecular formula is C11H23ClN2O2S. The molecule has 0 saturated carbocycles. The molecule has 0 aliphatic carbocycles. The first kappa shape index (κ1) is 15.2. The zero-order chi connectivity index (χ0) is 12.7. The van der Waals surface area contributed by atoms with Crippen molar-refractivity contribution < 1.29 is 8.42 Å². The lowest BCUT2D eigenvalue weighted by Crippen LogP contribution is -2.40. The molecule has 1 heterocycles. The highest BCUT2D eigenvalue weighted by Gasteiger charge is 2.24. The third-order valence-electron chi connectivity index (χ3n) is 3.24. The number of sulfonamides is 1. The molecule has 0 aromatic heterocycles. The van der Waals surface area contributed by atoms with Crippen LogP contribution in [0.25, 0.3) is 0 Å². The fourth-order valence-corrected chi connectivity index (χ4v) is 3.59. The van der Waals surface area contributed by atoms with Crippen molar-refractivity contribution in [3.63, 3.8) is 0 Å². The van der Waals surface area contributed by atoms with Gasteiger partial charge in [0, 0.05) is 18.5 Å². The van der Waals surface area contributed by atoms with Crippen LogP contribution in [0.4, 0.5) is 0 Å². The number of likely N-dealkylation sites (N-methyl/N-ethyl adjacent to an activating group) is 1. The molecule has 6 heteroatoms. The van der Waals surface area contributed by atoms with Gasteiger partial charge in [-0.1, -0.05) is 6.92 Å². The first-order valence-corrected chi connectivity index (χ1v) is 8.55. The summed E-state index contributed by atoms with van der Waals surface area (Å²) in [6.45, 7) is 4.76. The molecule has 1 atom stereocenters. The minimum Gasteiger partial charge on any atom is -0.299 e. The van der Waals surface area contributed by atoms with E-state index in [9.17, 15) is 8.42 Å². The predicted octanol–water partition coefficient (Wildman–Crippen LogP) is 1.41. The predicted molar refractivity (Wildman–Crippen MR) is 72.0 cm³/mol. The molecule has 0 amide bonds. The summed E-state index contributed by atoms with van der Waals surface area (Å²) in [5, 5.41) is 0. The highest BCUT2D eigenvalue weighted by atomic mass is 35.5. The van der Waals surface area contributed by atoms with Gasteiger partial charge >= 0.3 is 0 Å². The highest BCUT2D eigenvalue weighted by molar-refractivity contribution is 7.89. The quantitative estimate of drug-likeness (QED) is 0.541. The van der Waals surface area contributed by atoms with Crippen molar-refractivity contribution in [1.29, 1.82) is 0 Å². The lowest BCUT2D eigenvalue weighted by atomic mass is 10.2. The summed E-state index contributed by atoms with van der Waals surface area (Å²) in [5.74, 6) is 0.723. The topological polar surface area (TPSA) is 49.4 Å². The Morgan fingerprint density at radius 2 is 2.18 bits per heavy atom. The highest BCUT2D eigenvalue weighted by Crippen LogP contribution is 2.15. The van der Waals surface area contributed by atoms with Crippen LogP contribution < -0.4 is 4.72 Å². The second-order valence-corrected chi connectivity index (χ2v) is 6.79. The molecule has 1 saturated heterocycles. The number of rotatable bonds is 8. The Kier molecular flexibility index (Phi) is 6.77. The maximum atomic E-state index is 11.7. The Hall–Kier alpha value is 0.160. The van der Waals surface area contributed by atoms with Crippen molar-refractivity contribution in [3.8, 4) is 0 Å². The van der Waals surface area contributed by atoms with Gasteiger partial charge in [0.1, 0.15) is 0 Å². The fraction of sp³-hybridized carbons (Fsp3) is 1.00. The summed E-state index contributed by atoms with van der Waals surface area (Å²) in [6.07, 6.45) is 3.67. The van der Waals surface area contributed by atoms with Crippen molar-refractivity contribution in [3.05, 3.63) is 0 Å².